The van der Waals surface area contributed by atoms with Crippen LogP contribution in [0.2, 0.25) is 6.55 Å². The Morgan fingerprint density at radius 1 is 0.789 bits per heavy atom. The fourth-order valence-corrected chi connectivity index (χ4v) is 4.25. The largest absolute Gasteiger partial charge is 0.277 e. The first-order valence-corrected chi connectivity index (χ1v) is 14.3. The van der Waals surface area contributed by atoms with Gasteiger partial charge in [-0.1, -0.05) is 60.7 Å². The van der Waals surface area contributed by atoms with E-state index in [-0.39, 0.29) is 0 Å². The molecule has 2 aromatic rings. The van der Waals surface area contributed by atoms with E-state index in [1.165, 1.54) is 0 Å². The summed E-state index contributed by atoms with van der Waals surface area (Å²) in [4.78, 5) is 0. The van der Waals surface area contributed by atoms with Crippen molar-refractivity contribution < 1.29 is 0 Å². The quantitative estimate of drug-likeness (QED) is 0.555. The van der Waals surface area contributed by atoms with Crippen molar-refractivity contribution in [1.29, 1.82) is 0 Å². The average molecular weight is 368 g/mol. The van der Waals surface area contributed by atoms with Crippen molar-refractivity contribution in [3.63, 3.8) is 0 Å². The molecule has 0 aliphatic rings. The van der Waals surface area contributed by atoms with Gasteiger partial charge < -0.3 is 0 Å². The second-order valence-electron chi connectivity index (χ2n) is 3.97. The Kier molecular flexibility index (Phi) is 7.51. The van der Waals surface area contributed by atoms with Crippen LogP contribution < -0.4 is 10.4 Å². The Hall–Kier alpha value is 0.0338. The lowest BCUT2D eigenvalue weighted by molar-refractivity contribution is 1.76. The van der Waals surface area contributed by atoms with Crippen molar-refractivity contribution >= 4 is 68.8 Å². The van der Waals surface area contributed by atoms with Crippen LogP contribution in [0.3, 0.4) is 0 Å². The van der Waals surface area contributed by atoms with Crippen molar-refractivity contribution in [2.24, 2.45) is 0 Å². The summed E-state index contributed by atoms with van der Waals surface area (Å²) in [5.41, 5.74) is 0. The Bertz CT molecular complexity index is 469. The number of rotatable bonds is 2. The van der Waals surface area contributed by atoms with Crippen LogP contribution in [0.15, 0.2) is 60.7 Å². The lowest BCUT2D eigenvalue weighted by atomic mass is 10.4. The van der Waals surface area contributed by atoms with Crippen molar-refractivity contribution in [3.05, 3.63) is 60.7 Å². The number of hydrogen-bond acceptors (Lipinski definition) is 0. The molecule has 0 amide bonds. The zero-order valence-corrected chi connectivity index (χ0v) is 15.5. The van der Waals surface area contributed by atoms with Crippen molar-refractivity contribution in [2.75, 3.05) is 0 Å². The number of benzene rings is 2. The minimum absolute atomic E-state index is 1.07. The summed E-state index contributed by atoms with van der Waals surface area (Å²) in [5, 5.41) is 2.15. The fourth-order valence-electron chi connectivity index (χ4n) is 1.33. The lowest BCUT2D eigenvalue weighted by Crippen LogP contribution is -2.31. The van der Waals surface area contributed by atoms with Crippen molar-refractivity contribution in [1.82, 2.24) is 0 Å². The molecule has 19 heavy (non-hydrogen) atoms. The molecule has 102 valence electrons. The van der Waals surface area contributed by atoms with Gasteiger partial charge in [-0.05, 0) is 16.9 Å². The van der Waals surface area contributed by atoms with E-state index in [0.717, 1.165) is 10.4 Å². The monoisotopic (exact) mass is 366 g/mol. The van der Waals surface area contributed by atoms with Gasteiger partial charge in [-0.25, -0.2) is 0 Å². The molecule has 2 aromatic carbocycles. The van der Waals surface area contributed by atoms with Gasteiger partial charge in [0.1, 0.15) is 0 Å². The standard InChI is InChI=1S/C7H8Cl2Si.C6H6Cl2Si/c1-10(8,9)7-5-3-2-4-6-7;7-9(8)6-4-2-1-3-5-6/h2-6H,1H3;1-5,9H. The smallest absolute Gasteiger partial charge is 0.144 e. The topological polar surface area (TPSA) is 0 Å². The second-order valence-corrected chi connectivity index (χ2v) is 16.0. The molecular weight excluding hydrogens is 354 g/mol. The minimum Gasteiger partial charge on any atom is -0.144 e. The summed E-state index contributed by atoms with van der Waals surface area (Å²) in [6.07, 6.45) is 0. The summed E-state index contributed by atoms with van der Waals surface area (Å²) in [6, 6.07) is 19.5. The zero-order chi connectivity index (χ0) is 14.3. The Morgan fingerprint density at radius 3 is 1.47 bits per heavy atom. The highest BCUT2D eigenvalue weighted by atomic mass is 35.7. The zero-order valence-electron chi connectivity index (χ0n) is 10.4. The van der Waals surface area contributed by atoms with E-state index in [4.69, 9.17) is 44.3 Å². The molecular formula is C13H14Cl4Si2. The van der Waals surface area contributed by atoms with Crippen molar-refractivity contribution in [2.45, 2.75) is 6.55 Å². The maximum Gasteiger partial charge on any atom is 0.277 e. The van der Waals surface area contributed by atoms with Gasteiger partial charge in [-0.2, -0.15) is 0 Å². The van der Waals surface area contributed by atoms with Gasteiger partial charge >= 0.3 is 0 Å². The first-order chi connectivity index (χ1) is 8.91. The highest BCUT2D eigenvalue weighted by Gasteiger charge is 2.22. The third-order valence-corrected chi connectivity index (χ3v) is 7.39. The predicted octanol–water partition coefficient (Wildman–Crippen LogP) is 4.03. The Balaban J connectivity index is 0.000000191. The molecule has 0 aromatic heterocycles. The molecule has 0 N–H and O–H groups in total. The minimum atomic E-state index is -2.09. The van der Waals surface area contributed by atoms with Crippen LogP contribution in [-0.4, -0.2) is 14.1 Å². The highest BCUT2D eigenvalue weighted by molar-refractivity contribution is 7.50. The highest BCUT2D eigenvalue weighted by Crippen LogP contribution is 2.12. The van der Waals surface area contributed by atoms with Gasteiger partial charge in [0.15, 0.2) is 0 Å². The van der Waals surface area contributed by atoms with Gasteiger partial charge in [-0.15, -0.1) is 44.3 Å². The Labute approximate surface area is 135 Å². The van der Waals surface area contributed by atoms with Crippen LogP contribution >= 0.6 is 44.3 Å². The molecule has 0 fully saturated rings. The first-order valence-electron chi connectivity index (χ1n) is 5.67. The summed E-state index contributed by atoms with van der Waals surface area (Å²) < 4.78 is 0. The summed E-state index contributed by atoms with van der Waals surface area (Å²) >= 11 is 23.3. The molecule has 0 radical (unpaired) electrons. The molecule has 0 heterocycles. The van der Waals surface area contributed by atoms with Gasteiger partial charge in [-0.3, -0.25) is 0 Å². The van der Waals surface area contributed by atoms with Crippen LogP contribution in [-0.2, 0) is 0 Å². The normalized spacial score (nSPS) is 10.8. The van der Waals surface area contributed by atoms with E-state index in [2.05, 4.69) is 0 Å². The van der Waals surface area contributed by atoms with Gasteiger partial charge in [0.25, 0.3) is 14.1 Å². The van der Waals surface area contributed by atoms with E-state index in [1.807, 2.05) is 67.2 Å². The van der Waals surface area contributed by atoms with Crippen LogP contribution in [0.4, 0.5) is 0 Å². The van der Waals surface area contributed by atoms with E-state index >= 15 is 0 Å². The molecule has 0 bridgehead atoms. The maximum absolute atomic E-state index is 5.96. The maximum atomic E-state index is 5.96. The molecule has 0 unspecified atom stereocenters. The molecule has 0 aliphatic carbocycles. The molecule has 0 saturated heterocycles. The van der Waals surface area contributed by atoms with Gasteiger partial charge in [0, 0.05) is 0 Å². The molecule has 2 rings (SSSR count). The van der Waals surface area contributed by atoms with E-state index in [9.17, 15) is 0 Å². The molecule has 0 spiro atoms. The van der Waals surface area contributed by atoms with E-state index in [0.29, 0.717) is 0 Å². The van der Waals surface area contributed by atoms with Gasteiger partial charge in [0.05, 0.1) is 0 Å². The molecule has 6 heteroatoms. The summed E-state index contributed by atoms with van der Waals surface area (Å²) in [5.74, 6) is 0. The van der Waals surface area contributed by atoms with E-state index in [1.54, 1.807) is 0 Å². The predicted molar refractivity (Wildman–Crippen MR) is 94.3 cm³/mol. The van der Waals surface area contributed by atoms with Crippen molar-refractivity contribution in [3.8, 4) is 0 Å². The second kappa shape index (κ2) is 8.35. The SMILES string of the molecule is C[Si](Cl)(Cl)c1ccccc1.Cl[SiH](Cl)c1ccccc1. The lowest BCUT2D eigenvalue weighted by Gasteiger charge is -2.08. The van der Waals surface area contributed by atoms with E-state index < -0.39 is 14.1 Å². The fraction of sp³-hybridized carbons (Fsp3) is 0.0769. The van der Waals surface area contributed by atoms with Crippen LogP contribution in [0.5, 0.6) is 0 Å². The average Bonchev–Trinajstić information content (AvgIpc) is 2.40. The van der Waals surface area contributed by atoms with Crippen LogP contribution in [0.1, 0.15) is 0 Å². The molecule has 0 nitrogen and oxygen atoms in total. The molecule has 0 aliphatic heterocycles. The molecule has 0 saturated carbocycles. The molecule has 0 atom stereocenters. The van der Waals surface area contributed by atoms with Crippen LogP contribution in [0.25, 0.3) is 0 Å². The number of hydrogen-bond donors (Lipinski definition) is 0. The number of halogens is 4. The third-order valence-electron chi connectivity index (χ3n) is 2.33. The third kappa shape index (κ3) is 6.84. The summed E-state index contributed by atoms with van der Waals surface area (Å²) in [7, 11) is -1.58. The summed E-state index contributed by atoms with van der Waals surface area (Å²) in [6.45, 7) is -0.195. The first kappa shape index (κ1) is 17.1. The Morgan fingerprint density at radius 2 is 1.21 bits per heavy atom. The van der Waals surface area contributed by atoms with Gasteiger partial charge in [0.2, 0.25) is 0 Å². The van der Waals surface area contributed by atoms with Crippen LogP contribution in [0, 0.1) is 0 Å².